The fourth-order valence-corrected chi connectivity index (χ4v) is 8.39. The Hall–Kier alpha value is -3.99. The molecule has 0 N–H and O–H groups in total. The monoisotopic (exact) mass is 512 g/mol. The Morgan fingerprint density at radius 1 is 0.487 bits per heavy atom. The molecule has 0 unspecified atom stereocenters. The average Bonchev–Trinajstić information content (AvgIpc) is 3.69. The number of amides is 3. The van der Waals surface area contributed by atoms with E-state index in [4.69, 9.17) is 0 Å². The summed E-state index contributed by atoms with van der Waals surface area (Å²) in [6, 6.07) is 16.8. The number of hydrogen-bond acceptors (Lipinski definition) is 3. The molecule has 0 atom stereocenters. The van der Waals surface area contributed by atoms with Gasteiger partial charge in [0.05, 0.1) is 0 Å². The van der Waals surface area contributed by atoms with Crippen LogP contribution >= 0.6 is 0 Å². The van der Waals surface area contributed by atoms with Crippen LogP contribution < -0.4 is 0 Å². The summed E-state index contributed by atoms with van der Waals surface area (Å²) >= 11 is 0. The van der Waals surface area contributed by atoms with Crippen molar-refractivity contribution in [2.75, 3.05) is 0 Å². The minimum Gasteiger partial charge on any atom is -0.331 e. The second-order valence-electron chi connectivity index (χ2n) is 12.0. The first kappa shape index (κ1) is 21.9. The van der Waals surface area contributed by atoms with Gasteiger partial charge in [0.1, 0.15) is 0 Å². The van der Waals surface area contributed by atoms with E-state index >= 15 is 0 Å². The molecule has 0 spiro atoms. The van der Waals surface area contributed by atoms with Crippen molar-refractivity contribution < 1.29 is 14.4 Å². The predicted octanol–water partition coefficient (Wildman–Crippen LogP) is 7.17. The molecular formula is C34H28N2O3. The normalized spacial score (nSPS) is 20.3. The van der Waals surface area contributed by atoms with Crippen LogP contribution in [-0.4, -0.2) is 39.6 Å². The van der Waals surface area contributed by atoms with Gasteiger partial charge >= 0.3 is 0 Å². The number of nitrogens with zero attached hydrogens (tertiary/aromatic N) is 2. The van der Waals surface area contributed by atoms with Gasteiger partial charge in [-0.15, -0.1) is 0 Å². The van der Waals surface area contributed by atoms with Crippen molar-refractivity contribution in [1.29, 1.82) is 0 Å². The summed E-state index contributed by atoms with van der Waals surface area (Å²) in [4.78, 5) is 44.9. The summed E-state index contributed by atoms with van der Waals surface area (Å²) in [5.74, 6) is -0.161. The Morgan fingerprint density at radius 3 is 1.51 bits per heavy atom. The summed E-state index contributed by atoms with van der Waals surface area (Å²) in [5, 5.41) is 8.23. The van der Waals surface area contributed by atoms with Gasteiger partial charge in [-0.05, 0) is 81.8 Å². The molecule has 0 bridgehead atoms. The van der Waals surface area contributed by atoms with E-state index in [1.165, 1.54) is 23.3 Å². The van der Waals surface area contributed by atoms with Gasteiger partial charge in [0.2, 0.25) is 0 Å². The first-order chi connectivity index (χ1) is 19.1. The molecule has 5 aromatic rings. The lowest BCUT2D eigenvalue weighted by Gasteiger charge is -2.35. The van der Waals surface area contributed by atoms with Crippen LogP contribution in [0.1, 0.15) is 88.0 Å². The van der Waals surface area contributed by atoms with Crippen LogP contribution in [0, 0.1) is 0 Å². The number of hydrogen-bond donors (Lipinski definition) is 0. The van der Waals surface area contributed by atoms with Crippen LogP contribution in [0.15, 0.2) is 48.5 Å². The number of benzene rings is 5. The highest BCUT2D eigenvalue weighted by atomic mass is 16.2. The predicted molar refractivity (Wildman–Crippen MR) is 153 cm³/mol. The second kappa shape index (κ2) is 7.56. The van der Waals surface area contributed by atoms with Crippen molar-refractivity contribution in [2.24, 2.45) is 0 Å². The third-order valence-corrected chi connectivity index (χ3v) is 10.2. The van der Waals surface area contributed by atoms with E-state index in [1.54, 1.807) is 0 Å². The van der Waals surface area contributed by atoms with Crippen molar-refractivity contribution in [3.05, 3.63) is 70.8 Å². The van der Waals surface area contributed by atoms with Crippen molar-refractivity contribution in [3.8, 4) is 0 Å². The van der Waals surface area contributed by atoms with E-state index in [0.29, 0.717) is 23.7 Å². The summed E-state index contributed by atoms with van der Waals surface area (Å²) < 4.78 is 0. The molecule has 0 saturated heterocycles. The molecule has 3 amide bonds. The van der Waals surface area contributed by atoms with E-state index in [0.717, 1.165) is 87.2 Å². The maximum absolute atomic E-state index is 13.7. The zero-order valence-corrected chi connectivity index (χ0v) is 21.8. The summed E-state index contributed by atoms with van der Waals surface area (Å²) in [5.41, 5.74) is 3.28. The van der Waals surface area contributed by atoms with Gasteiger partial charge in [-0.1, -0.05) is 56.0 Å². The van der Waals surface area contributed by atoms with Gasteiger partial charge in [-0.2, -0.15) is 0 Å². The Balaban J connectivity index is 1.32. The molecule has 2 fully saturated rings. The van der Waals surface area contributed by atoms with Crippen LogP contribution in [0.4, 0.5) is 0 Å². The highest BCUT2D eigenvalue weighted by Crippen LogP contribution is 2.47. The molecule has 2 aliphatic heterocycles. The zero-order valence-electron chi connectivity index (χ0n) is 21.8. The second-order valence-corrected chi connectivity index (χ2v) is 12.0. The standard InChI is InChI=1S/C34H28N2O3/c37-32-25-14-11-22-24-13-16-27-31-26(33(38)36(34(27)39)20-7-3-4-8-20)15-12-23(30(24)31)21-10-9-18(28(25)29(21)22)17-35(32)19-5-1-2-6-19/h9-16,19-20H,1-8,17H2. The van der Waals surface area contributed by atoms with E-state index < -0.39 is 0 Å². The van der Waals surface area contributed by atoms with Crippen molar-refractivity contribution in [2.45, 2.75) is 70.0 Å². The van der Waals surface area contributed by atoms with Crippen molar-refractivity contribution in [1.82, 2.24) is 9.80 Å². The topological polar surface area (TPSA) is 57.7 Å². The highest BCUT2D eigenvalue weighted by molar-refractivity contribution is 6.39. The maximum Gasteiger partial charge on any atom is 0.261 e. The van der Waals surface area contributed by atoms with Crippen LogP contribution in [0.5, 0.6) is 0 Å². The fourth-order valence-electron chi connectivity index (χ4n) is 8.39. The maximum atomic E-state index is 13.7. The molecule has 0 aromatic heterocycles. The minimum atomic E-state index is -0.156. The number of rotatable bonds is 2. The number of imide groups is 1. The van der Waals surface area contributed by atoms with Crippen LogP contribution in [0.2, 0.25) is 0 Å². The van der Waals surface area contributed by atoms with E-state index in [1.807, 2.05) is 18.2 Å². The Morgan fingerprint density at radius 2 is 0.949 bits per heavy atom. The van der Waals surface area contributed by atoms with Gasteiger partial charge in [0.15, 0.2) is 0 Å². The van der Waals surface area contributed by atoms with E-state index in [2.05, 4.69) is 35.2 Å². The van der Waals surface area contributed by atoms with E-state index in [-0.39, 0.29) is 23.8 Å². The number of carbonyl (C=O) groups excluding carboxylic acids is 3. The molecule has 192 valence electrons. The summed E-state index contributed by atoms with van der Waals surface area (Å²) in [6.45, 7) is 0.664. The SMILES string of the molecule is O=C1c2ccc3c4ccc5c6c(ccc(c7ccc(c2c73)CN1C1CCCC1)c64)C(=O)N(C1CCCC1)C5=O. The first-order valence-electron chi connectivity index (χ1n) is 14.5. The number of carbonyl (C=O) groups is 3. The quantitative estimate of drug-likeness (QED) is 0.143. The molecule has 2 heterocycles. The summed E-state index contributed by atoms with van der Waals surface area (Å²) in [6.07, 6.45) is 8.49. The Bertz CT molecular complexity index is 1860. The molecule has 9 rings (SSSR count). The molecule has 2 aliphatic carbocycles. The minimum absolute atomic E-state index is 0.00125. The molecule has 4 aliphatic rings. The molecular weight excluding hydrogens is 484 g/mol. The van der Waals surface area contributed by atoms with Gasteiger partial charge in [-0.25, -0.2) is 0 Å². The molecule has 5 nitrogen and oxygen atoms in total. The third-order valence-electron chi connectivity index (χ3n) is 10.2. The van der Waals surface area contributed by atoms with E-state index in [9.17, 15) is 14.4 Å². The fraction of sp³-hybridized carbons (Fsp3) is 0.324. The van der Waals surface area contributed by atoms with Gasteiger partial charge in [0, 0.05) is 46.1 Å². The Labute approximate surface area is 225 Å². The van der Waals surface area contributed by atoms with Crippen LogP contribution in [0.3, 0.4) is 0 Å². The largest absolute Gasteiger partial charge is 0.331 e. The summed E-state index contributed by atoms with van der Waals surface area (Å²) in [7, 11) is 0. The lowest BCUT2D eigenvalue weighted by atomic mass is 9.82. The lowest BCUT2D eigenvalue weighted by Crippen LogP contribution is -2.46. The zero-order chi connectivity index (χ0) is 26.0. The van der Waals surface area contributed by atoms with Crippen LogP contribution in [0.25, 0.3) is 43.1 Å². The lowest BCUT2D eigenvalue weighted by molar-refractivity contribution is 0.0541. The molecule has 0 radical (unpaired) electrons. The van der Waals surface area contributed by atoms with Gasteiger partial charge in [-0.3, -0.25) is 19.3 Å². The molecule has 5 heteroatoms. The first-order valence-corrected chi connectivity index (χ1v) is 14.5. The Kier molecular flexibility index (Phi) is 4.24. The molecule has 39 heavy (non-hydrogen) atoms. The highest BCUT2D eigenvalue weighted by Gasteiger charge is 2.39. The molecule has 5 aromatic carbocycles. The van der Waals surface area contributed by atoms with Gasteiger partial charge in [0.25, 0.3) is 17.7 Å². The average molecular weight is 513 g/mol. The number of fused-ring (bicyclic) bond motifs is 2. The van der Waals surface area contributed by atoms with Crippen LogP contribution in [-0.2, 0) is 6.54 Å². The van der Waals surface area contributed by atoms with Gasteiger partial charge < -0.3 is 4.90 Å². The van der Waals surface area contributed by atoms with Crippen molar-refractivity contribution >= 4 is 60.8 Å². The smallest absolute Gasteiger partial charge is 0.261 e. The molecule has 2 saturated carbocycles. The third kappa shape index (κ3) is 2.68. The van der Waals surface area contributed by atoms with Crippen molar-refractivity contribution in [3.63, 3.8) is 0 Å².